The Morgan fingerprint density at radius 2 is 2.21 bits per heavy atom. The number of aromatic nitrogens is 2. The summed E-state index contributed by atoms with van der Waals surface area (Å²) in [5.74, 6) is -0.400. The fourth-order valence-electron chi connectivity index (χ4n) is 3.05. The molecule has 1 saturated heterocycles. The number of halogens is 2. The number of H-pyrrole nitrogens is 1. The summed E-state index contributed by atoms with van der Waals surface area (Å²) in [4.78, 5) is 7.50. The molecule has 0 aliphatic carbocycles. The Balaban J connectivity index is 2.11. The maximum Gasteiger partial charge on any atom is 0.153 e. The summed E-state index contributed by atoms with van der Waals surface area (Å²) in [7, 11) is 0. The van der Waals surface area contributed by atoms with E-state index in [-0.39, 0.29) is 10.9 Å². The van der Waals surface area contributed by atoms with Gasteiger partial charge in [0.25, 0.3) is 0 Å². The van der Waals surface area contributed by atoms with Crippen LogP contribution in [0.15, 0.2) is 12.1 Å². The molecule has 1 unspecified atom stereocenters. The van der Waals surface area contributed by atoms with Gasteiger partial charge in [-0.05, 0) is 25.5 Å². The van der Waals surface area contributed by atoms with Gasteiger partial charge in [-0.2, -0.15) is 0 Å². The number of nitrogens with zero attached hydrogens (tertiary/aromatic N) is 1. The van der Waals surface area contributed by atoms with Crippen LogP contribution in [-0.4, -0.2) is 23.1 Å². The largest absolute Gasteiger partial charge is 0.341 e. The highest BCUT2D eigenvalue weighted by Gasteiger charge is 2.37. The first-order chi connectivity index (χ1) is 9.14. The standard InChI is InChI=1S/C14H17F2N3/c1-2-3-14(4-5-17-8-14)13-18-11-7-9(15)6-10(16)12(11)19-13/h6-7,17H,2-5,8H2,1H3,(H,18,19). The topological polar surface area (TPSA) is 40.7 Å². The van der Waals surface area contributed by atoms with Crippen LogP contribution in [0.25, 0.3) is 11.0 Å². The summed E-state index contributed by atoms with van der Waals surface area (Å²) >= 11 is 0. The predicted octanol–water partition coefficient (Wildman–Crippen LogP) is 2.87. The van der Waals surface area contributed by atoms with E-state index in [1.165, 1.54) is 6.07 Å². The van der Waals surface area contributed by atoms with E-state index in [0.717, 1.165) is 44.2 Å². The van der Waals surface area contributed by atoms with Crippen molar-refractivity contribution in [1.29, 1.82) is 0 Å². The smallest absolute Gasteiger partial charge is 0.153 e. The molecule has 0 bridgehead atoms. The first-order valence-corrected chi connectivity index (χ1v) is 6.70. The molecule has 19 heavy (non-hydrogen) atoms. The summed E-state index contributed by atoms with van der Waals surface area (Å²) in [6.45, 7) is 3.90. The van der Waals surface area contributed by atoms with E-state index in [4.69, 9.17) is 0 Å². The number of nitrogens with one attached hydrogen (secondary N) is 2. The number of imidazole rings is 1. The van der Waals surface area contributed by atoms with Gasteiger partial charge in [-0.15, -0.1) is 0 Å². The average Bonchev–Trinajstić information content (AvgIpc) is 2.96. The van der Waals surface area contributed by atoms with Crippen molar-refractivity contribution in [2.24, 2.45) is 0 Å². The third-order valence-electron chi connectivity index (χ3n) is 3.98. The first kappa shape index (κ1) is 12.5. The van der Waals surface area contributed by atoms with Crippen molar-refractivity contribution >= 4 is 11.0 Å². The van der Waals surface area contributed by atoms with E-state index < -0.39 is 11.6 Å². The van der Waals surface area contributed by atoms with Crippen LogP contribution in [0, 0.1) is 11.6 Å². The third-order valence-corrected chi connectivity index (χ3v) is 3.98. The highest BCUT2D eigenvalue weighted by atomic mass is 19.1. The van der Waals surface area contributed by atoms with Crippen molar-refractivity contribution in [2.45, 2.75) is 31.6 Å². The van der Waals surface area contributed by atoms with Gasteiger partial charge >= 0.3 is 0 Å². The van der Waals surface area contributed by atoms with Crippen LogP contribution in [-0.2, 0) is 5.41 Å². The minimum atomic E-state index is -0.602. The SMILES string of the molecule is CCCC1(c2nc3c(F)cc(F)cc3[nH]2)CCNC1. The highest BCUT2D eigenvalue weighted by molar-refractivity contribution is 5.76. The molecule has 0 spiro atoms. The van der Waals surface area contributed by atoms with Crippen LogP contribution in [0.4, 0.5) is 8.78 Å². The van der Waals surface area contributed by atoms with Gasteiger partial charge < -0.3 is 10.3 Å². The molecule has 1 aromatic carbocycles. The van der Waals surface area contributed by atoms with E-state index in [1.54, 1.807) is 0 Å². The normalized spacial score (nSPS) is 23.3. The monoisotopic (exact) mass is 265 g/mol. The van der Waals surface area contributed by atoms with Crippen LogP contribution < -0.4 is 5.32 Å². The lowest BCUT2D eigenvalue weighted by Crippen LogP contribution is -2.30. The number of hydrogen-bond acceptors (Lipinski definition) is 2. The van der Waals surface area contributed by atoms with Crippen LogP contribution >= 0.6 is 0 Å². The van der Waals surface area contributed by atoms with Gasteiger partial charge in [0.2, 0.25) is 0 Å². The zero-order chi connectivity index (χ0) is 13.5. The molecule has 1 atom stereocenters. The Labute approximate surface area is 110 Å². The van der Waals surface area contributed by atoms with Crippen molar-refractivity contribution < 1.29 is 8.78 Å². The van der Waals surface area contributed by atoms with Crippen LogP contribution in [0.1, 0.15) is 32.0 Å². The molecular weight excluding hydrogens is 248 g/mol. The fourth-order valence-corrected chi connectivity index (χ4v) is 3.05. The van der Waals surface area contributed by atoms with Crippen LogP contribution in [0.3, 0.4) is 0 Å². The van der Waals surface area contributed by atoms with E-state index in [2.05, 4.69) is 22.2 Å². The van der Waals surface area contributed by atoms with Gasteiger partial charge in [-0.25, -0.2) is 13.8 Å². The van der Waals surface area contributed by atoms with Crippen molar-refractivity contribution in [3.05, 3.63) is 29.6 Å². The number of hydrogen-bond donors (Lipinski definition) is 2. The van der Waals surface area contributed by atoms with E-state index >= 15 is 0 Å². The molecule has 1 aromatic heterocycles. The van der Waals surface area contributed by atoms with Gasteiger partial charge in [0.1, 0.15) is 17.2 Å². The summed E-state index contributed by atoms with van der Waals surface area (Å²) in [5.41, 5.74) is 0.602. The van der Waals surface area contributed by atoms with Crippen molar-refractivity contribution in [3.63, 3.8) is 0 Å². The van der Waals surface area contributed by atoms with Gasteiger partial charge in [0, 0.05) is 18.0 Å². The molecule has 102 valence electrons. The van der Waals surface area contributed by atoms with E-state index in [9.17, 15) is 8.78 Å². The van der Waals surface area contributed by atoms with Crippen molar-refractivity contribution in [1.82, 2.24) is 15.3 Å². The Morgan fingerprint density at radius 1 is 1.37 bits per heavy atom. The molecule has 1 fully saturated rings. The van der Waals surface area contributed by atoms with Crippen molar-refractivity contribution in [2.75, 3.05) is 13.1 Å². The lowest BCUT2D eigenvalue weighted by Gasteiger charge is -2.25. The van der Waals surface area contributed by atoms with E-state index in [0.29, 0.717) is 5.52 Å². The molecule has 2 N–H and O–H groups in total. The molecule has 1 aliphatic heterocycles. The van der Waals surface area contributed by atoms with Crippen LogP contribution in [0.2, 0.25) is 0 Å². The Hall–Kier alpha value is -1.49. The molecule has 3 nitrogen and oxygen atoms in total. The molecule has 0 radical (unpaired) electrons. The summed E-state index contributed by atoms with van der Waals surface area (Å²) in [6, 6.07) is 2.18. The van der Waals surface area contributed by atoms with Gasteiger partial charge in [0.05, 0.1) is 5.52 Å². The van der Waals surface area contributed by atoms with Gasteiger partial charge in [-0.1, -0.05) is 13.3 Å². The summed E-state index contributed by atoms with van der Waals surface area (Å²) in [5, 5.41) is 3.34. The Bertz CT molecular complexity index is 600. The minimum absolute atomic E-state index is 0.0727. The maximum absolute atomic E-state index is 13.7. The lowest BCUT2D eigenvalue weighted by atomic mass is 9.82. The molecule has 0 amide bonds. The molecule has 1 aliphatic rings. The number of rotatable bonds is 3. The molecule has 3 rings (SSSR count). The Kier molecular flexibility index (Phi) is 3.01. The maximum atomic E-state index is 13.7. The zero-order valence-electron chi connectivity index (χ0n) is 10.9. The molecular formula is C14H17F2N3. The van der Waals surface area contributed by atoms with Gasteiger partial charge in [-0.3, -0.25) is 0 Å². The quantitative estimate of drug-likeness (QED) is 0.896. The summed E-state index contributed by atoms with van der Waals surface area (Å²) < 4.78 is 26.9. The Morgan fingerprint density at radius 3 is 2.89 bits per heavy atom. The molecule has 2 aromatic rings. The van der Waals surface area contributed by atoms with Gasteiger partial charge in [0.15, 0.2) is 5.82 Å². The number of aromatic amines is 1. The predicted molar refractivity (Wildman–Crippen MR) is 70.1 cm³/mol. The fraction of sp³-hybridized carbons (Fsp3) is 0.500. The molecule has 0 saturated carbocycles. The van der Waals surface area contributed by atoms with Crippen molar-refractivity contribution in [3.8, 4) is 0 Å². The second kappa shape index (κ2) is 4.56. The molecule has 2 heterocycles. The molecule has 5 heteroatoms. The first-order valence-electron chi connectivity index (χ1n) is 6.70. The summed E-state index contributed by atoms with van der Waals surface area (Å²) in [6.07, 6.45) is 3.00. The highest BCUT2D eigenvalue weighted by Crippen LogP contribution is 2.35. The lowest BCUT2D eigenvalue weighted by molar-refractivity contribution is 0.406. The average molecular weight is 265 g/mol. The van der Waals surface area contributed by atoms with E-state index in [1.807, 2.05) is 0 Å². The zero-order valence-corrected chi connectivity index (χ0v) is 10.9. The number of benzene rings is 1. The second-order valence-electron chi connectivity index (χ2n) is 5.33. The third kappa shape index (κ3) is 2.02. The minimum Gasteiger partial charge on any atom is -0.341 e. The number of fused-ring (bicyclic) bond motifs is 1. The second-order valence-corrected chi connectivity index (χ2v) is 5.33. The van der Waals surface area contributed by atoms with Crippen LogP contribution in [0.5, 0.6) is 0 Å².